The van der Waals surface area contributed by atoms with Crippen LogP contribution < -0.4 is 0 Å². The third-order valence-electron chi connectivity index (χ3n) is 5.95. The van der Waals surface area contributed by atoms with Crippen molar-refractivity contribution in [1.29, 1.82) is 0 Å². The molecule has 0 aliphatic heterocycles. The van der Waals surface area contributed by atoms with Crippen molar-refractivity contribution >= 4 is 45.7 Å². The Kier molecular flexibility index (Phi) is 6.73. The van der Waals surface area contributed by atoms with Gasteiger partial charge in [-0.05, 0) is 29.8 Å². The molecule has 0 aliphatic carbocycles. The van der Waals surface area contributed by atoms with Crippen LogP contribution in [0.25, 0.3) is 21.8 Å². The lowest BCUT2D eigenvalue weighted by Gasteiger charge is -2.11. The van der Waals surface area contributed by atoms with Crippen molar-refractivity contribution in [3.8, 4) is 0 Å². The second kappa shape index (κ2) is 9.91. The molecular formula is C27H23NO8. The number of hydrogen-bond donors (Lipinski definition) is 0. The van der Waals surface area contributed by atoms with Gasteiger partial charge in [0, 0.05) is 17.3 Å². The third-order valence-corrected chi connectivity index (χ3v) is 5.95. The van der Waals surface area contributed by atoms with Gasteiger partial charge in [0.15, 0.2) is 0 Å². The van der Waals surface area contributed by atoms with Gasteiger partial charge in [0.1, 0.15) is 0 Å². The third kappa shape index (κ3) is 4.15. The summed E-state index contributed by atoms with van der Waals surface area (Å²) in [6, 6.07) is 15.7. The van der Waals surface area contributed by atoms with Gasteiger partial charge >= 0.3 is 23.9 Å². The Morgan fingerprint density at radius 1 is 0.583 bits per heavy atom. The lowest BCUT2D eigenvalue weighted by atomic mass is 10.00. The molecule has 0 aliphatic rings. The Hall–Kier alpha value is -4.66. The molecule has 4 rings (SSSR count). The molecule has 9 nitrogen and oxygen atoms in total. The van der Waals surface area contributed by atoms with E-state index in [0.29, 0.717) is 28.4 Å². The highest BCUT2D eigenvalue weighted by Crippen LogP contribution is 2.35. The minimum absolute atomic E-state index is 0.00673. The van der Waals surface area contributed by atoms with Crippen LogP contribution in [0.3, 0.4) is 0 Å². The Labute approximate surface area is 206 Å². The van der Waals surface area contributed by atoms with Gasteiger partial charge in [0.25, 0.3) is 0 Å². The highest BCUT2D eigenvalue weighted by molar-refractivity contribution is 6.17. The summed E-state index contributed by atoms with van der Waals surface area (Å²) >= 11 is 0. The average molecular weight is 489 g/mol. The lowest BCUT2D eigenvalue weighted by Crippen LogP contribution is -2.12. The van der Waals surface area contributed by atoms with Gasteiger partial charge < -0.3 is 23.5 Å². The van der Waals surface area contributed by atoms with E-state index >= 15 is 0 Å². The average Bonchev–Trinajstić information content (AvgIpc) is 3.21. The van der Waals surface area contributed by atoms with Crippen LogP contribution >= 0.6 is 0 Å². The molecule has 0 spiro atoms. The Morgan fingerprint density at radius 3 is 1.31 bits per heavy atom. The Bertz CT molecular complexity index is 1420. The molecule has 0 N–H and O–H groups in total. The monoisotopic (exact) mass is 489 g/mol. The summed E-state index contributed by atoms with van der Waals surface area (Å²) in [5.74, 6) is -2.86. The number of ether oxygens (including phenoxy) is 4. The fourth-order valence-corrected chi connectivity index (χ4v) is 4.24. The number of methoxy groups -OCH3 is 4. The number of rotatable bonds is 6. The zero-order valence-electron chi connectivity index (χ0n) is 20.1. The standard InChI is InChI=1S/C27H23NO8/c1-33-24(29)18-10-16-17-11-19(25(30)34-2)21(27(32)36-4)13-23(17)28(14-15-8-6-5-7-9-15)22(16)12-20(18)26(31)35-3/h5-13H,14H2,1-4H3. The van der Waals surface area contributed by atoms with Crippen LogP contribution in [-0.2, 0) is 25.5 Å². The number of hydrogen-bond acceptors (Lipinski definition) is 8. The van der Waals surface area contributed by atoms with Crippen LogP contribution in [-0.4, -0.2) is 56.9 Å². The van der Waals surface area contributed by atoms with Crippen LogP contribution in [0.1, 0.15) is 47.0 Å². The van der Waals surface area contributed by atoms with Crippen molar-refractivity contribution in [2.75, 3.05) is 28.4 Å². The van der Waals surface area contributed by atoms with Crippen LogP contribution in [0.15, 0.2) is 54.6 Å². The van der Waals surface area contributed by atoms with Gasteiger partial charge in [-0.25, -0.2) is 19.2 Å². The fourth-order valence-electron chi connectivity index (χ4n) is 4.24. The Morgan fingerprint density at radius 2 is 0.944 bits per heavy atom. The molecule has 0 unspecified atom stereocenters. The molecule has 1 aromatic heterocycles. The summed E-state index contributed by atoms with van der Waals surface area (Å²) in [4.78, 5) is 50.3. The SMILES string of the molecule is COC(=O)c1cc2c3cc(C(=O)OC)c(C(=O)OC)cc3n(Cc3ccccc3)c2cc1C(=O)OC. The number of nitrogens with zero attached hydrogens (tertiary/aromatic N) is 1. The molecule has 1 heterocycles. The minimum atomic E-state index is -0.722. The second-order valence-electron chi connectivity index (χ2n) is 7.87. The lowest BCUT2D eigenvalue weighted by molar-refractivity contribution is 0.0555. The quantitative estimate of drug-likeness (QED) is 0.295. The highest BCUT2D eigenvalue weighted by atomic mass is 16.5. The molecule has 9 heteroatoms. The van der Waals surface area contributed by atoms with E-state index in [0.717, 1.165) is 5.56 Å². The van der Waals surface area contributed by atoms with Crippen LogP contribution in [0, 0.1) is 0 Å². The van der Waals surface area contributed by atoms with Crippen molar-refractivity contribution in [3.63, 3.8) is 0 Å². The molecule has 0 atom stereocenters. The van der Waals surface area contributed by atoms with Crippen LogP contribution in [0.5, 0.6) is 0 Å². The summed E-state index contributed by atoms with van der Waals surface area (Å²) < 4.78 is 21.5. The predicted octanol–water partition coefficient (Wildman–Crippen LogP) is 3.99. The van der Waals surface area contributed by atoms with E-state index in [1.807, 2.05) is 34.9 Å². The zero-order chi connectivity index (χ0) is 26.0. The summed E-state index contributed by atoms with van der Waals surface area (Å²) in [7, 11) is 4.87. The van der Waals surface area contributed by atoms with Crippen LogP contribution in [0.2, 0.25) is 0 Å². The number of fused-ring (bicyclic) bond motifs is 3. The van der Waals surface area contributed by atoms with E-state index < -0.39 is 23.9 Å². The van der Waals surface area contributed by atoms with E-state index in [4.69, 9.17) is 18.9 Å². The minimum Gasteiger partial charge on any atom is -0.465 e. The summed E-state index contributed by atoms with van der Waals surface area (Å²) in [6.45, 7) is 0.372. The topological polar surface area (TPSA) is 110 Å². The maximum atomic E-state index is 12.6. The predicted molar refractivity (Wildman–Crippen MR) is 130 cm³/mol. The molecular weight excluding hydrogens is 466 g/mol. The van der Waals surface area contributed by atoms with Crippen molar-refractivity contribution in [1.82, 2.24) is 4.57 Å². The van der Waals surface area contributed by atoms with Gasteiger partial charge in [-0.15, -0.1) is 0 Å². The number of aromatic nitrogens is 1. The zero-order valence-corrected chi connectivity index (χ0v) is 20.1. The van der Waals surface area contributed by atoms with Gasteiger partial charge in [0.05, 0.1) is 61.7 Å². The number of esters is 4. The smallest absolute Gasteiger partial charge is 0.338 e. The van der Waals surface area contributed by atoms with Gasteiger partial charge in [-0.1, -0.05) is 30.3 Å². The van der Waals surface area contributed by atoms with Crippen molar-refractivity contribution in [3.05, 3.63) is 82.4 Å². The van der Waals surface area contributed by atoms with Crippen molar-refractivity contribution in [2.45, 2.75) is 6.54 Å². The molecule has 0 saturated carbocycles. The van der Waals surface area contributed by atoms with E-state index in [1.165, 1.54) is 40.6 Å². The van der Waals surface area contributed by atoms with E-state index in [-0.39, 0.29) is 22.3 Å². The molecule has 0 saturated heterocycles. The first-order valence-corrected chi connectivity index (χ1v) is 10.9. The highest BCUT2D eigenvalue weighted by Gasteiger charge is 2.26. The maximum Gasteiger partial charge on any atom is 0.338 e. The van der Waals surface area contributed by atoms with E-state index in [1.54, 1.807) is 12.1 Å². The van der Waals surface area contributed by atoms with Gasteiger partial charge in [-0.3, -0.25) is 0 Å². The summed E-state index contributed by atoms with van der Waals surface area (Å²) in [5.41, 5.74) is 2.18. The van der Waals surface area contributed by atoms with Gasteiger partial charge in [0.2, 0.25) is 0 Å². The molecule has 3 aromatic carbocycles. The molecule has 0 bridgehead atoms. The van der Waals surface area contributed by atoms with Crippen LogP contribution in [0.4, 0.5) is 0 Å². The van der Waals surface area contributed by atoms with E-state index in [2.05, 4.69) is 0 Å². The molecule has 36 heavy (non-hydrogen) atoms. The fraction of sp³-hybridized carbons (Fsp3) is 0.185. The van der Waals surface area contributed by atoms with E-state index in [9.17, 15) is 19.2 Å². The normalized spacial score (nSPS) is 10.8. The molecule has 0 fully saturated rings. The molecule has 0 amide bonds. The van der Waals surface area contributed by atoms with Gasteiger partial charge in [-0.2, -0.15) is 0 Å². The molecule has 0 radical (unpaired) electrons. The summed E-state index contributed by atoms with van der Waals surface area (Å²) in [5, 5.41) is 1.13. The van der Waals surface area contributed by atoms with Crippen molar-refractivity contribution in [2.24, 2.45) is 0 Å². The number of carbonyl (C=O) groups excluding carboxylic acids is 4. The number of benzene rings is 3. The largest absolute Gasteiger partial charge is 0.465 e. The molecule has 4 aromatic rings. The molecule has 184 valence electrons. The Balaban J connectivity index is 2.16. The first kappa shape index (κ1) is 24.5. The van der Waals surface area contributed by atoms with Crippen molar-refractivity contribution < 1.29 is 38.1 Å². The maximum absolute atomic E-state index is 12.6. The first-order valence-electron chi connectivity index (χ1n) is 10.9. The summed E-state index contributed by atoms with van der Waals surface area (Å²) in [6.07, 6.45) is 0. The first-order chi connectivity index (χ1) is 17.3. The number of carbonyl (C=O) groups is 4. The second-order valence-corrected chi connectivity index (χ2v) is 7.87.